The van der Waals surface area contributed by atoms with Gasteiger partial charge in [-0.25, -0.2) is 8.42 Å². The molecule has 0 saturated carbocycles. The molecule has 1 aliphatic heterocycles. The summed E-state index contributed by atoms with van der Waals surface area (Å²) in [7, 11) is -1.66. The van der Waals surface area contributed by atoms with E-state index in [4.69, 9.17) is 0 Å². The van der Waals surface area contributed by atoms with E-state index in [1.54, 1.807) is 17.4 Å². The molecule has 4 nitrogen and oxygen atoms in total. The number of sulfonamides is 1. The summed E-state index contributed by atoms with van der Waals surface area (Å²) in [4.78, 5) is 0.455. The summed E-state index contributed by atoms with van der Waals surface area (Å²) in [6, 6.07) is 5.76. The maximum absolute atomic E-state index is 12.8. The van der Waals surface area contributed by atoms with Gasteiger partial charge in [-0.05, 0) is 68.3 Å². The first-order valence-corrected chi connectivity index (χ1v) is 9.33. The van der Waals surface area contributed by atoms with Gasteiger partial charge in [0, 0.05) is 19.6 Å². The van der Waals surface area contributed by atoms with Crippen LogP contribution in [0, 0.1) is 0 Å². The lowest BCUT2D eigenvalue weighted by molar-refractivity contribution is 0.300. The topological polar surface area (TPSA) is 49.4 Å². The summed E-state index contributed by atoms with van der Waals surface area (Å²) in [6.45, 7) is 1.74. The summed E-state index contributed by atoms with van der Waals surface area (Å²) in [5.74, 6) is 0. The molecule has 116 valence electrons. The number of nitrogens with one attached hydrogen (secondary N) is 1. The van der Waals surface area contributed by atoms with Crippen LogP contribution in [0.3, 0.4) is 0 Å². The molecule has 1 N–H and O–H groups in total. The molecule has 1 saturated heterocycles. The highest BCUT2D eigenvalue weighted by molar-refractivity contribution is 7.89. The van der Waals surface area contributed by atoms with Crippen molar-refractivity contribution in [2.24, 2.45) is 0 Å². The standard InChI is InChI=1S/C16H24N2O2S/c1-18(15-7-4-10-17-12-15)21(19,20)16-9-8-13-5-2-3-6-14(13)11-16/h8-9,11,15,17H,2-7,10,12H2,1H3. The monoisotopic (exact) mass is 308 g/mol. The molecule has 2 aliphatic rings. The maximum atomic E-state index is 12.8. The lowest BCUT2D eigenvalue weighted by Gasteiger charge is -2.31. The van der Waals surface area contributed by atoms with Crippen molar-refractivity contribution in [3.63, 3.8) is 0 Å². The lowest BCUT2D eigenvalue weighted by Crippen LogP contribution is -2.46. The van der Waals surface area contributed by atoms with E-state index in [9.17, 15) is 8.42 Å². The molecule has 0 aromatic heterocycles. The van der Waals surface area contributed by atoms with Crippen LogP contribution in [0.1, 0.15) is 36.8 Å². The number of aryl methyl sites for hydroxylation is 2. The van der Waals surface area contributed by atoms with E-state index in [2.05, 4.69) is 5.32 Å². The molecule has 0 bridgehead atoms. The number of piperidine rings is 1. The van der Waals surface area contributed by atoms with Gasteiger partial charge in [0.1, 0.15) is 0 Å². The normalized spacial score (nSPS) is 23.0. The first kappa shape index (κ1) is 15.0. The fourth-order valence-electron chi connectivity index (χ4n) is 3.38. The molecule has 0 spiro atoms. The van der Waals surface area contributed by atoms with Crippen LogP contribution >= 0.6 is 0 Å². The predicted molar refractivity (Wildman–Crippen MR) is 83.9 cm³/mol. The van der Waals surface area contributed by atoms with Crippen molar-refractivity contribution in [3.8, 4) is 0 Å². The molecular formula is C16H24N2O2S. The van der Waals surface area contributed by atoms with Crippen LogP contribution in [0.25, 0.3) is 0 Å². The van der Waals surface area contributed by atoms with Crippen molar-refractivity contribution in [1.82, 2.24) is 9.62 Å². The van der Waals surface area contributed by atoms with Gasteiger partial charge in [0.05, 0.1) is 4.90 Å². The third kappa shape index (κ3) is 3.00. The molecule has 1 fully saturated rings. The molecule has 5 heteroatoms. The minimum Gasteiger partial charge on any atom is -0.315 e. The lowest BCUT2D eigenvalue weighted by atomic mass is 9.92. The summed E-state index contributed by atoms with van der Waals surface area (Å²) in [6.07, 6.45) is 6.44. The van der Waals surface area contributed by atoms with Crippen LogP contribution in [0.2, 0.25) is 0 Å². The summed E-state index contributed by atoms with van der Waals surface area (Å²) < 4.78 is 27.2. The van der Waals surface area contributed by atoms with Crippen molar-refractivity contribution < 1.29 is 8.42 Å². The maximum Gasteiger partial charge on any atom is 0.243 e. The SMILES string of the molecule is CN(C1CCCNC1)S(=O)(=O)c1ccc2c(c1)CCCC2. The van der Waals surface area contributed by atoms with Crippen molar-refractivity contribution in [3.05, 3.63) is 29.3 Å². The van der Waals surface area contributed by atoms with Gasteiger partial charge in [-0.3, -0.25) is 0 Å². The molecule has 1 aromatic rings. The highest BCUT2D eigenvalue weighted by Gasteiger charge is 2.29. The van der Waals surface area contributed by atoms with Crippen LogP contribution < -0.4 is 5.32 Å². The Bertz CT molecular complexity index is 607. The highest BCUT2D eigenvalue weighted by atomic mass is 32.2. The van der Waals surface area contributed by atoms with E-state index >= 15 is 0 Å². The highest BCUT2D eigenvalue weighted by Crippen LogP contribution is 2.26. The Kier molecular flexibility index (Phi) is 4.33. The van der Waals surface area contributed by atoms with E-state index in [-0.39, 0.29) is 6.04 Å². The van der Waals surface area contributed by atoms with Crippen LogP contribution in [0.15, 0.2) is 23.1 Å². The van der Waals surface area contributed by atoms with Gasteiger partial charge < -0.3 is 5.32 Å². The Morgan fingerprint density at radius 1 is 1.14 bits per heavy atom. The number of hydrogen-bond acceptors (Lipinski definition) is 3. The van der Waals surface area contributed by atoms with E-state index in [1.165, 1.54) is 24.0 Å². The van der Waals surface area contributed by atoms with E-state index in [1.807, 2.05) is 12.1 Å². The molecule has 0 amide bonds. The largest absolute Gasteiger partial charge is 0.315 e. The zero-order valence-electron chi connectivity index (χ0n) is 12.6. The van der Waals surface area contributed by atoms with Gasteiger partial charge in [0.25, 0.3) is 0 Å². The number of fused-ring (bicyclic) bond motifs is 1. The van der Waals surface area contributed by atoms with E-state index in [0.717, 1.165) is 38.8 Å². The van der Waals surface area contributed by atoms with Gasteiger partial charge in [0.15, 0.2) is 0 Å². The van der Waals surface area contributed by atoms with Gasteiger partial charge in [0.2, 0.25) is 10.0 Å². The second-order valence-corrected chi connectivity index (χ2v) is 8.16. The van der Waals surface area contributed by atoms with Crippen molar-refractivity contribution >= 4 is 10.0 Å². The third-order valence-corrected chi connectivity index (χ3v) is 6.69. The quantitative estimate of drug-likeness (QED) is 0.928. The Labute approximate surface area is 127 Å². The summed E-state index contributed by atoms with van der Waals surface area (Å²) >= 11 is 0. The fourth-order valence-corrected chi connectivity index (χ4v) is 4.81. The number of nitrogens with zero attached hydrogens (tertiary/aromatic N) is 1. The molecule has 1 heterocycles. The number of hydrogen-bond donors (Lipinski definition) is 1. The second kappa shape index (κ2) is 6.07. The first-order valence-electron chi connectivity index (χ1n) is 7.89. The van der Waals surface area contributed by atoms with Gasteiger partial charge >= 0.3 is 0 Å². The van der Waals surface area contributed by atoms with Gasteiger partial charge in [-0.2, -0.15) is 4.31 Å². The average Bonchev–Trinajstić information content (AvgIpc) is 2.54. The van der Waals surface area contributed by atoms with Crippen molar-refractivity contribution in [2.45, 2.75) is 49.5 Å². The van der Waals surface area contributed by atoms with Crippen molar-refractivity contribution in [1.29, 1.82) is 0 Å². The molecule has 21 heavy (non-hydrogen) atoms. The van der Waals surface area contributed by atoms with Gasteiger partial charge in [-0.15, -0.1) is 0 Å². The third-order valence-electron chi connectivity index (χ3n) is 4.78. The molecule has 3 rings (SSSR count). The predicted octanol–water partition coefficient (Wildman–Crippen LogP) is 1.94. The Morgan fingerprint density at radius 2 is 1.90 bits per heavy atom. The molecular weight excluding hydrogens is 284 g/mol. The Balaban J connectivity index is 1.86. The summed E-state index contributed by atoms with van der Waals surface area (Å²) in [5.41, 5.74) is 2.54. The van der Waals surface area contributed by atoms with Crippen LogP contribution in [0.4, 0.5) is 0 Å². The minimum atomic E-state index is -3.38. The fraction of sp³-hybridized carbons (Fsp3) is 0.625. The molecule has 1 unspecified atom stereocenters. The minimum absolute atomic E-state index is 0.0692. The zero-order valence-corrected chi connectivity index (χ0v) is 13.5. The summed E-state index contributed by atoms with van der Waals surface area (Å²) in [5, 5.41) is 3.28. The first-order chi connectivity index (χ1) is 10.1. The molecule has 0 radical (unpaired) electrons. The molecule has 1 aliphatic carbocycles. The Hall–Kier alpha value is -0.910. The molecule has 1 atom stereocenters. The molecule has 1 aromatic carbocycles. The van der Waals surface area contributed by atoms with E-state index in [0.29, 0.717) is 4.90 Å². The van der Waals surface area contributed by atoms with Crippen LogP contribution in [-0.2, 0) is 22.9 Å². The Morgan fingerprint density at radius 3 is 2.62 bits per heavy atom. The van der Waals surface area contributed by atoms with Gasteiger partial charge in [-0.1, -0.05) is 6.07 Å². The number of likely N-dealkylation sites (N-methyl/N-ethyl adjacent to an activating group) is 1. The zero-order chi connectivity index (χ0) is 14.9. The van der Waals surface area contributed by atoms with E-state index < -0.39 is 10.0 Å². The van der Waals surface area contributed by atoms with Crippen LogP contribution in [0.5, 0.6) is 0 Å². The average molecular weight is 308 g/mol. The van der Waals surface area contributed by atoms with Crippen molar-refractivity contribution in [2.75, 3.05) is 20.1 Å². The number of rotatable bonds is 3. The second-order valence-electron chi connectivity index (χ2n) is 6.16. The smallest absolute Gasteiger partial charge is 0.243 e. The van der Waals surface area contributed by atoms with Crippen LogP contribution in [-0.4, -0.2) is 38.9 Å². The number of benzene rings is 1.